The maximum Gasteiger partial charge on any atom is 0.322 e. The molecule has 90 valence electrons. The lowest BCUT2D eigenvalue weighted by Gasteiger charge is -2.43. The Hall–Kier alpha value is -0.900. The van der Waals surface area contributed by atoms with E-state index in [0.717, 1.165) is 19.3 Å². The van der Waals surface area contributed by atoms with Crippen LogP contribution in [0.15, 0.2) is 0 Å². The molecule has 0 aromatic heterocycles. The second-order valence-corrected chi connectivity index (χ2v) is 4.55. The predicted molar refractivity (Wildman–Crippen MR) is 56.9 cm³/mol. The van der Waals surface area contributed by atoms with E-state index in [9.17, 15) is 9.59 Å². The highest BCUT2D eigenvalue weighted by atomic mass is 16.5. The van der Waals surface area contributed by atoms with Gasteiger partial charge in [-0.3, -0.25) is 9.59 Å². The van der Waals surface area contributed by atoms with Crippen molar-refractivity contribution in [2.75, 3.05) is 19.8 Å². The molecular formula is C12H18O4. The van der Waals surface area contributed by atoms with Gasteiger partial charge < -0.3 is 9.47 Å². The van der Waals surface area contributed by atoms with Gasteiger partial charge in [-0.25, -0.2) is 0 Å². The number of esters is 1. The summed E-state index contributed by atoms with van der Waals surface area (Å²) in [5.41, 5.74) is -0.980. The highest BCUT2D eigenvalue weighted by molar-refractivity contribution is 6.05. The molecule has 1 aliphatic carbocycles. The highest BCUT2D eigenvalue weighted by Gasteiger charge is 2.55. The average Bonchev–Trinajstić information content (AvgIpc) is 2.19. The van der Waals surface area contributed by atoms with Crippen molar-refractivity contribution in [2.24, 2.45) is 11.3 Å². The van der Waals surface area contributed by atoms with Gasteiger partial charge in [0.15, 0.2) is 11.2 Å². The summed E-state index contributed by atoms with van der Waals surface area (Å²) in [5, 5.41) is 0. The smallest absolute Gasteiger partial charge is 0.322 e. The minimum Gasteiger partial charge on any atom is -0.465 e. The molecule has 1 unspecified atom stereocenters. The first-order chi connectivity index (χ1) is 7.71. The zero-order valence-electron chi connectivity index (χ0n) is 9.66. The highest BCUT2D eigenvalue weighted by Crippen LogP contribution is 2.45. The first-order valence-electron chi connectivity index (χ1n) is 6.00. The van der Waals surface area contributed by atoms with Crippen LogP contribution in [0.2, 0.25) is 0 Å². The number of carbonyl (C=O) groups is 2. The third-order valence-electron chi connectivity index (χ3n) is 3.74. The molecule has 2 rings (SSSR count). The number of ketones is 1. The maximum atomic E-state index is 12.1. The molecule has 0 bridgehead atoms. The van der Waals surface area contributed by atoms with Crippen molar-refractivity contribution in [2.45, 2.75) is 32.6 Å². The zero-order chi connectivity index (χ0) is 11.6. The number of carbonyl (C=O) groups excluding carboxylic acids is 2. The summed E-state index contributed by atoms with van der Waals surface area (Å²) in [6.45, 7) is 2.74. The Kier molecular flexibility index (Phi) is 3.28. The summed E-state index contributed by atoms with van der Waals surface area (Å²) in [7, 11) is 0. The first kappa shape index (κ1) is 11.6. The van der Waals surface area contributed by atoms with Crippen LogP contribution in [0.3, 0.4) is 0 Å². The third-order valence-corrected chi connectivity index (χ3v) is 3.74. The van der Waals surface area contributed by atoms with Crippen LogP contribution in [-0.4, -0.2) is 31.6 Å². The van der Waals surface area contributed by atoms with Crippen molar-refractivity contribution in [1.82, 2.24) is 0 Å². The molecular weight excluding hydrogens is 208 g/mol. The van der Waals surface area contributed by atoms with Gasteiger partial charge in [0, 0.05) is 6.42 Å². The largest absolute Gasteiger partial charge is 0.465 e. The SMILES string of the molecule is CCOC(=O)C1(C2CCC2)COCCC1=O. The Balaban J connectivity index is 2.22. The van der Waals surface area contributed by atoms with E-state index >= 15 is 0 Å². The zero-order valence-corrected chi connectivity index (χ0v) is 9.66. The molecule has 1 atom stereocenters. The molecule has 0 aromatic carbocycles. The summed E-state index contributed by atoms with van der Waals surface area (Å²) in [6, 6.07) is 0. The van der Waals surface area contributed by atoms with Gasteiger partial charge in [-0.05, 0) is 25.7 Å². The molecule has 1 saturated heterocycles. The van der Waals surface area contributed by atoms with Gasteiger partial charge >= 0.3 is 5.97 Å². The van der Waals surface area contributed by atoms with Crippen molar-refractivity contribution in [3.8, 4) is 0 Å². The van der Waals surface area contributed by atoms with Gasteiger partial charge in [0.1, 0.15) is 0 Å². The molecule has 0 N–H and O–H groups in total. The van der Waals surface area contributed by atoms with Crippen LogP contribution >= 0.6 is 0 Å². The van der Waals surface area contributed by atoms with Gasteiger partial charge in [0.25, 0.3) is 0 Å². The maximum absolute atomic E-state index is 12.1. The van der Waals surface area contributed by atoms with Crippen molar-refractivity contribution >= 4 is 11.8 Å². The molecule has 1 saturated carbocycles. The third kappa shape index (κ3) is 1.65. The average molecular weight is 226 g/mol. The summed E-state index contributed by atoms with van der Waals surface area (Å²) in [4.78, 5) is 24.1. The van der Waals surface area contributed by atoms with E-state index in [-0.39, 0.29) is 24.3 Å². The second kappa shape index (κ2) is 4.53. The number of Topliss-reactive ketones (excluding diaryl/α,β-unsaturated/α-hetero) is 1. The van der Waals surface area contributed by atoms with Crippen LogP contribution in [0.25, 0.3) is 0 Å². The number of ether oxygens (including phenoxy) is 2. The lowest BCUT2D eigenvalue weighted by Crippen LogP contribution is -2.54. The van der Waals surface area contributed by atoms with E-state index in [0.29, 0.717) is 19.6 Å². The minimum atomic E-state index is -0.980. The summed E-state index contributed by atoms with van der Waals surface area (Å²) in [6.07, 6.45) is 3.32. The van der Waals surface area contributed by atoms with E-state index in [4.69, 9.17) is 9.47 Å². The van der Waals surface area contributed by atoms with Crippen LogP contribution in [0, 0.1) is 11.3 Å². The molecule has 2 fully saturated rings. The number of rotatable bonds is 3. The van der Waals surface area contributed by atoms with E-state index in [1.165, 1.54) is 0 Å². The van der Waals surface area contributed by atoms with Crippen molar-refractivity contribution in [1.29, 1.82) is 0 Å². The van der Waals surface area contributed by atoms with Crippen molar-refractivity contribution in [3.63, 3.8) is 0 Å². The molecule has 2 aliphatic rings. The van der Waals surface area contributed by atoms with Gasteiger partial charge in [-0.2, -0.15) is 0 Å². The van der Waals surface area contributed by atoms with Gasteiger partial charge in [-0.15, -0.1) is 0 Å². The standard InChI is InChI=1S/C12H18O4/c1-2-16-11(14)12(9-4-3-5-9)8-15-7-6-10(12)13/h9H,2-8H2,1H3. The quantitative estimate of drug-likeness (QED) is 0.538. The Labute approximate surface area is 95.3 Å². The lowest BCUT2D eigenvalue weighted by molar-refractivity contribution is -0.178. The van der Waals surface area contributed by atoms with E-state index in [1.807, 2.05) is 0 Å². The molecule has 0 spiro atoms. The van der Waals surface area contributed by atoms with Crippen LogP contribution in [-0.2, 0) is 19.1 Å². The number of hydrogen-bond acceptors (Lipinski definition) is 4. The van der Waals surface area contributed by atoms with Gasteiger partial charge in [-0.1, -0.05) is 6.42 Å². The fourth-order valence-corrected chi connectivity index (χ4v) is 2.55. The minimum absolute atomic E-state index is 0.0156. The Morgan fingerprint density at radius 3 is 2.81 bits per heavy atom. The van der Waals surface area contributed by atoms with Crippen LogP contribution in [0.1, 0.15) is 32.6 Å². The molecule has 0 radical (unpaired) electrons. The van der Waals surface area contributed by atoms with Gasteiger partial charge in [0.05, 0.1) is 19.8 Å². The monoisotopic (exact) mass is 226 g/mol. The molecule has 4 heteroatoms. The summed E-state index contributed by atoms with van der Waals surface area (Å²) in [5.74, 6) is -0.217. The number of hydrogen-bond donors (Lipinski definition) is 0. The molecule has 16 heavy (non-hydrogen) atoms. The van der Waals surface area contributed by atoms with Gasteiger partial charge in [0.2, 0.25) is 0 Å². The van der Waals surface area contributed by atoms with Crippen molar-refractivity contribution < 1.29 is 19.1 Å². The molecule has 0 aromatic rings. The predicted octanol–water partition coefficient (Wildman–Crippen LogP) is 1.33. The lowest BCUT2D eigenvalue weighted by atomic mass is 9.62. The molecule has 1 aliphatic heterocycles. The van der Waals surface area contributed by atoms with Crippen LogP contribution < -0.4 is 0 Å². The molecule has 1 heterocycles. The fraction of sp³-hybridized carbons (Fsp3) is 0.833. The Morgan fingerprint density at radius 1 is 1.56 bits per heavy atom. The fourth-order valence-electron chi connectivity index (χ4n) is 2.55. The van der Waals surface area contributed by atoms with Crippen molar-refractivity contribution in [3.05, 3.63) is 0 Å². The topological polar surface area (TPSA) is 52.6 Å². The Morgan fingerprint density at radius 2 is 2.31 bits per heavy atom. The summed E-state index contributed by atoms with van der Waals surface area (Å²) >= 11 is 0. The van der Waals surface area contributed by atoms with E-state index in [1.54, 1.807) is 6.92 Å². The Bertz CT molecular complexity index is 295. The van der Waals surface area contributed by atoms with Crippen LogP contribution in [0.4, 0.5) is 0 Å². The molecule has 0 amide bonds. The van der Waals surface area contributed by atoms with E-state index < -0.39 is 5.41 Å². The second-order valence-electron chi connectivity index (χ2n) is 4.55. The van der Waals surface area contributed by atoms with Crippen LogP contribution in [0.5, 0.6) is 0 Å². The van der Waals surface area contributed by atoms with E-state index in [2.05, 4.69) is 0 Å². The molecule has 4 nitrogen and oxygen atoms in total. The normalized spacial score (nSPS) is 30.9. The summed E-state index contributed by atoms with van der Waals surface area (Å²) < 4.78 is 10.4. The first-order valence-corrected chi connectivity index (χ1v) is 6.00.